The van der Waals surface area contributed by atoms with Crippen LogP contribution in [-0.2, 0) is 38.0 Å². The van der Waals surface area contributed by atoms with Crippen LogP contribution >= 0.6 is 0 Å². The van der Waals surface area contributed by atoms with Crippen LogP contribution in [0.15, 0.2) is 35.5 Å². The molecule has 0 aromatic heterocycles. The Bertz CT molecular complexity index is 862. The Morgan fingerprint density at radius 1 is 1.19 bits per heavy atom. The molecular weight excluding hydrogens is 416 g/mol. The third-order valence-electron chi connectivity index (χ3n) is 7.90. The first kappa shape index (κ1) is 21.8. The van der Waals surface area contributed by atoms with Gasteiger partial charge in [-0.05, 0) is 24.8 Å². The zero-order chi connectivity index (χ0) is 22.6. The molecule has 176 valence electrons. The second-order valence-electron chi connectivity index (χ2n) is 9.41. The van der Waals surface area contributed by atoms with Gasteiger partial charge in [0.05, 0.1) is 31.7 Å². The van der Waals surface area contributed by atoms with Crippen LogP contribution in [0.4, 0.5) is 0 Å². The standard InChI is InChI=1S/C24H32O8/c1-12(2)13-10-15-24(3)18(16(13)14-11-28-6-7-29-14)21-20(30-8-9-31-21)17(22(25)26-4)19(24)23(27-5)32-15/h11,13,15-17,19-20,23H,1,6-10H2,2-5H3/t13-,15+,16-,17-,19+,20+,23+,24+/m0/s1. The molecule has 0 aromatic rings. The quantitative estimate of drug-likeness (QED) is 0.480. The minimum atomic E-state index is -0.599. The summed E-state index contributed by atoms with van der Waals surface area (Å²) in [4.78, 5) is 13.1. The normalized spacial score (nSPS) is 42.5. The molecule has 0 spiro atoms. The van der Waals surface area contributed by atoms with Gasteiger partial charge in [-0.15, -0.1) is 0 Å². The minimum Gasteiger partial charge on any atom is -0.494 e. The molecule has 32 heavy (non-hydrogen) atoms. The lowest BCUT2D eigenvalue weighted by Gasteiger charge is -2.55. The van der Waals surface area contributed by atoms with Crippen LogP contribution in [0.25, 0.3) is 0 Å². The first-order chi connectivity index (χ1) is 15.4. The molecule has 3 heterocycles. The smallest absolute Gasteiger partial charge is 0.312 e. The van der Waals surface area contributed by atoms with Crippen LogP contribution in [0.5, 0.6) is 0 Å². The average Bonchev–Trinajstić information content (AvgIpc) is 3.10. The molecule has 2 saturated heterocycles. The summed E-state index contributed by atoms with van der Waals surface area (Å²) in [6.07, 6.45) is 1.12. The van der Waals surface area contributed by atoms with Gasteiger partial charge >= 0.3 is 5.97 Å². The number of rotatable bonds is 4. The van der Waals surface area contributed by atoms with E-state index in [0.717, 1.165) is 23.3 Å². The van der Waals surface area contributed by atoms with E-state index in [1.165, 1.54) is 7.11 Å². The highest BCUT2D eigenvalue weighted by Gasteiger charge is 2.70. The molecule has 3 fully saturated rings. The second-order valence-corrected chi connectivity index (χ2v) is 9.41. The number of ether oxygens (including phenoxy) is 7. The van der Waals surface area contributed by atoms with Crippen molar-refractivity contribution in [2.45, 2.75) is 38.8 Å². The largest absolute Gasteiger partial charge is 0.494 e. The predicted octanol–water partition coefficient (Wildman–Crippen LogP) is 2.55. The highest BCUT2D eigenvalue weighted by atomic mass is 16.7. The van der Waals surface area contributed by atoms with Gasteiger partial charge in [-0.3, -0.25) is 4.79 Å². The van der Waals surface area contributed by atoms with Gasteiger partial charge < -0.3 is 33.2 Å². The molecule has 0 radical (unpaired) electrons. The van der Waals surface area contributed by atoms with E-state index >= 15 is 0 Å². The molecule has 5 aliphatic rings. The summed E-state index contributed by atoms with van der Waals surface area (Å²) in [5.74, 6) is 0.128. The van der Waals surface area contributed by atoms with Gasteiger partial charge in [-0.25, -0.2) is 0 Å². The third kappa shape index (κ3) is 2.96. The van der Waals surface area contributed by atoms with E-state index in [1.54, 1.807) is 13.4 Å². The maximum atomic E-state index is 13.1. The Labute approximate surface area is 188 Å². The monoisotopic (exact) mass is 448 g/mol. The number of fused-ring (bicyclic) bond motifs is 1. The van der Waals surface area contributed by atoms with E-state index < -0.39 is 23.7 Å². The Morgan fingerprint density at radius 3 is 2.62 bits per heavy atom. The van der Waals surface area contributed by atoms with Gasteiger partial charge in [-0.2, -0.15) is 0 Å². The van der Waals surface area contributed by atoms with Crippen LogP contribution in [0.1, 0.15) is 20.3 Å². The van der Waals surface area contributed by atoms with Gasteiger partial charge in [0, 0.05) is 18.4 Å². The van der Waals surface area contributed by atoms with E-state index in [9.17, 15) is 4.79 Å². The van der Waals surface area contributed by atoms with Crippen molar-refractivity contribution in [1.29, 1.82) is 0 Å². The minimum absolute atomic E-state index is 0.0561. The van der Waals surface area contributed by atoms with E-state index in [1.807, 2.05) is 6.92 Å². The summed E-state index contributed by atoms with van der Waals surface area (Å²) < 4.78 is 41.7. The van der Waals surface area contributed by atoms with E-state index in [2.05, 4.69) is 13.5 Å². The number of carbonyl (C=O) groups is 1. The summed E-state index contributed by atoms with van der Waals surface area (Å²) in [5.41, 5.74) is 1.54. The zero-order valence-electron chi connectivity index (χ0n) is 19.1. The van der Waals surface area contributed by atoms with E-state index in [4.69, 9.17) is 33.2 Å². The molecule has 0 bridgehead atoms. The van der Waals surface area contributed by atoms with Gasteiger partial charge in [0.1, 0.15) is 43.7 Å². The van der Waals surface area contributed by atoms with Crippen LogP contribution < -0.4 is 0 Å². The lowest BCUT2D eigenvalue weighted by Crippen LogP contribution is -2.58. The Morgan fingerprint density at radius 2 is 1.97 bits per heavy atom. The molecule has 3 aliphatic heterocycles. The Balaban J connectivity index is 1.76. The SMILES string of the molecule is C=C(C)[C@@H]1C[C@H]2O[C@@H](OC)[C@H]3[C@H](C(=O)OC)[C@H]4OCCOC4=C([C@@H]1C1=COCCO1)[C@]32C. The number of methoxy groups -OCH3 is 2. The van der Waals surface area contributed by atoms with Crippen molar-refractivity contribution in [3.8, 4) is 0 Å². The first-order valence-electron chi connectivity index (χ1n) is 11.3. The molecule has 8 heteroatoms. The van der Waals surface area contributed by atoms with Crippen LogP contribution in [-0.4, -0.2) is 65.1 Å². The van der Waals surface area contributed by atoms with Crippen LogP contribution in [0, 0.1) is 29.1 Å². The number of allylic oxidation sites excluding steroid dienone is 2. The molecule has 5 rings (SSSR count). The number of esters is 1. The molecule has 8 atom stereocenters. The van der Waals surface area contributed by atoms with Crippen molar-refractivity contribution >= 4 is 5.97 Å². The maximum absolute atomic E-state index is 13.1. The molecule has 0 amide bonds. The molecule has 0 N–H and O–H groups in total. The maximum Gasteiger partial charge on any atom is 0.312 e. The number of hydrogen-bond donors (Lipinski definition) is 0. The zero-order valence-corrected chi connectivity index (χ0v) is 19.1. The van der Waals surface area contributed by atoms with Crippen molar-refractivity contribution in [3.05, 3.63) is 35.5 Å². The topological polar surface area (TPSA) is 81.7 Å². The molecule has 8 nitrogen and oxygen atoms in total. The van der Waals surface area contributed by atoms with Crippen molar-refractivity contribution in [2.75, 3.05) is 40.6 Å². The summed E-state index contributed by atoms with van der Waals surface area (Å²) in [5, 5.41) is 0. The van der Waals surface area contributed by atoms with E-state index in [-0.39, 0.29) is 29.8 Å². The van der Waals surface area contributed by atoms with Crippen molar-refractivity contribution in [3.63, 3.8) is 0 Å². The summed E-state index contributed by atoms with van der Waals surface area (Å²) in [6, 6.07) is 0. The summed E-state index contributed by atoms with van der Waals surface area (Å²) >= 11 is 0. The second kappa shape index (κ2) is 8.08. The van der Waals surface area contributed by atoms with Gasteiger partial charge in [-0.1, -0.05) is 19.1 Å². The molecule has 2 aliphatic carbocycles. The van der Waals surface area contributed by atoms with Crippen molar-refractivity contribution in [2.24, 2.45) is 29.1 Å². The summed E-state index contributed by atoms with van der Waals surface area (Å²) in [6.45, 7) is 10.3. The Hall–Kier alpha value is -2.03. The molecular formula is C24H32O8. The fraction of sp³-hybridized carbons (Fsp3) is 0.708. The summed E-state index contributed by atoms with van der Waals surface area (Å²) in [7, 11) is 3.02. The number of hydrogen-bond acceptors (Lipinski definition) is 8. The fourth-order valence-corrected chi connectivity index (χ4v) is 6.55. The molecule has 0 aromatic carbocycles. The predicted molar refractivity (Wildman–Crippen MR) is 112 cm³/mol. The van der Waals surface area contributed by atoms with Gasteiger partial charge in [0.2, 0.25) is 0 Å². The fourth-order valence-electron chi connectivity index (χ4n) is 6.55. The lowest BCUT2D eigenvalue weighted by molar-refractivity contribution is -0.181. The highest BCUT2D eigenvalue weighted by Crippen LogP contribution is 2.66. The van der Waals surface area contributed by atoms with Crippen molar-refractivity contribution < 1.29 is 38.0 Å². The highest BCUT2D eigenvalue weighted by molar-refractivity contribution is 5.75. The average molecular weight is 449 g/mol. The van der Waals surface area contributed by atoms with Crippen LogP contribution in [0.3, 0.4) is 0 Å². The molecule has 0 unspecified atom stereocenters. The van der Waals surface area contributed by atoms with Gasteiger partial charge in [0.25, 0.3) is 0 Å². The van der Waals surface area contributed by atoms with E-state index in [0.29, 0.717) is 32.2 Å². The first-order valence-corrected chi connectivity index (χ1v) is 11.3. The van der Waals surface area contributed by atoms with Crippen molar-refractivity contribution in [1.82, 2.24) is 0 Å². The van der Waals surface area contributed by atoms with Crippen LogP contribution in [0.2, 0.25) is 0 Å². The lowest BCUT2D eigenvalue weighted by atomic mass is 9.50. The third-order valence-corrected chi connectivity index (χ3v) is 7.90. The molecule has 1 saturated carbocycles. The van der Waals surface area contributed by atoms with Gasteiger partial charge in [0.15, 0.2) is 6.29 Å². The number of carbonyl (C=O) groups excluding carboxylic acids is 1. The Kier molecular flexibility index (Phi) is 5.50.